The molecule has 72 valence electrons. The van der Waals surface area contributed by atoms with E-state index in [0.29, 0.717) is 10.6 Å². The minimum atomic E-state index is 0.128. The molecule has 0 radical (unpaired) electrons. The van der Waals surface area contributed by atoms with Crippen molar-refractivity contribution in [3.63, 3.8) is 0 Å². The molecule has 0 aromatic heterocycles. The summed E-state index contributed by atoms with van der Waals surface area (Å²) in [5.74, 6) is 0.684. The molecule has 0 rings (SSSR count). The van der Waals surface area contributed by atoms with Crippen molar-refractivity contribution in [1.82, 2.24) is 5.32 Å². The van der Waals surface area contributed by atoms with Crippen LogP contribution in [0.4, 0.5) is 0 Å². The standard InChI is InChI=1S/C8H16BrNOS/c1-6(9)4-7(2)10-8(11)5-12-3/h6-7H,4-5H2,1-3H3,(H,10,11). The number of thioether (sulfide) groups is 1. The Bertz CT molecular complexity index is 141. The minimum absolute atomic E-state index is 0.128. The van der Waals surface area contributed by atoms with Gasteiger partial charge in [0.05, 0.1) is 5.75 Å². The third kappa shape index (κ3) is 6.98. The molecule has 0 spiro atoms. The summed E-state index contributed by atoms with van der Waals surface area (Å²) in [4.78, 5) is 11.5. The van der Waals surface area contributed by atoms with E-state index < -0.39 is 0 Å². The van der Waals surface area contributed by atoms with Crippen LogP contribution in [-0.4, -0.2) is 28.8 Å². The Morgan fingerprint density at radius 3 is 2.58 bits per heavy atom. The van der Waals surface area contributed by atoms with Gasteiger partial charge in [-0.3, -0.25) is 4.79 Å². The quantitative estimate of drug-likeness (QED) is 0.760. The highest BCUT2D eigenvalue weighted by Gasteiger charge is 2.08. The number of halogens is 1. The van der Waals surface area contributed by atoms with Gasteiger partial charge in [0.25, 0.3) is 0 Å². The Morgan fingerprint density at radius 2 is 2.17 bits per heavy atom. The van der Waals surface area contributed by atoms with Crippen molar-refractivity contribution in [2.45, 2.75) is 31.1 Å². The Balaban J connectivity index is 3.54. The molecule has 0 saturated heterocycles. The highest BCUT2D eigenvalue weighted by Crippen LogP contribution is 2.06. The van der Waals surface area contributed by atoms with E-state index in [1.807, 2.05) is 13.2 Å². The number of amides is 1. The van der Waals surface area contributed by atoms with Crippen molar-refractivity contribution >= 4 is 33.6 Å². The molecule has 0 fully saturated rings. The zero-order valence-electron chi connectivity index (χ0n) is 7.76. The van der Waals surface area contributed by atoms with Crippen molar-refractivity contribution < 1.29 is 4.79 Å². The molecule has 1 amide bonds. The second-order valence-corrected chi connectivity index (χ2v) is 5.35. The van der Waals surface area contributed by atoms with Crippen LogP contribution >= 0.6 is 27.7 Å². The van der Waals surface area contributed by atoms with Gasteiger partial charge in [-0.05, 0) is 19.6 Å². The van der Waals surface area contributed by atoms with Crippen LogP contribution in [-0.2, 0) is 4.79 Å². The molecule has 0 aliphatic heterocycles. The molecule has 4 heteroatoms. The molecular weight excluding hydrogens is 238 g/mol. The molecule has 0 aromatic carbocycles. The van der Waals surface area contributed by atoms with Crippen LogP contribution in [0, 0.1) is 0 Å². The molecule has 0 aromatic rings. The van der Waals surface area contributed by atoms with Crippen molar-refractivity contribution in [2.75, 3.05) is 12.0 Å². The van der Waals surface area contributed by atoms with E-state index in [0.717, 1.165) is 6.42 Å². The lowest BCUT2D eigenvalue weighted by Crippen LogP contribution is -2.34. The van der Waals surface area contributed by atoms with E-state index in [-0.39, 0.29) is 11.9 Å². The van der Waals surface area contributed by atoms with Crippen molar-refractivity contribution in [3.05, 3.63) is 0 Å². The fourth-order valence-corrected chi connectivity index (χ4v) is 1.90. The first-order chi connectivity index (χ1) is 5.56. The summed E-state index contributed by atoms with van der Waals surface area (Å²) in [5.41, 5.74) is 0. The predicted octanol–water partition coefficient (Wildman–Crippen LogP) is 2.03. The molecular formula is C8H16BrNOS. The number of hydrogen-bond donors (Lipinski definition) is 1. The Labute approximate surface area is 87.0 Å². The molecule has 2 nitrogen and oxygen atoms in total. The van der Waals surface area contributed by atoms with Gasteiger partial charge in [0, 0.05) is 10.9 Å². The monoisotopic (exact) mass is 253 g/mol. The minimum Gasteiger partial charge on any atom is -0.353 e. The zero-order chi connectivity index (χ0) is 9.56. The fourth-order valence-electron chi connectivity index (χ4n) is 0.994. The zero-order valence-corrected chi connectivity index (χ0v) is 10.2. The summed E-state index contributed by atoms with van der Waals surface area (Å²) < 4.78 is 0. The number of alkyl halides is 1. The Morgan fingerprint density at radius 1 is 1.58 bits per heavy atom. The first kappa shape index (κ1) is 12.3. The highest BCUT2D eigenvalue weighted by atomic mass is 79.9. The predicted molar refractivity (Wildman–Crippen MR) is 59.0 cm³/mol. The smallest absolute Gasteiger partial charge is 0.230 e. The molecule has 12 heavy (non-hydrogen) atoms. The van der Waals surface area contributed by atoms with E-state index in [1.165, 1.54) is 0 Å². The lowest BCUT2D eigenvalue weighted by atomic mass is 10.2. The number of hydrogen-bond acceptors (Lipinski definition) is 2. The Hall–Kier alpha value is 0.300. The van der Waals surface area contributed by atoms with Gasteiger partial charge in [0.2, 0.25) is 5.91 Å². The van der Waals surface area contributed by atoms with Gasteiger partial charge in [-0.15, -0.1) is 0 Å². The lowest BCUT2D eigenvalue weighted by molar-refractivity contribution is -0.119. The van der Waals surface area contributed by atoms with Crippen molar-refractivity contribution in [3.8, 4) is 0 Å². The molecule has 0 bridgehead atoms. The van der Waals surface area contributed by atoms with Gasteiger partial charge < -0.3 is 5.32 Å². The van der Waals surface area contributed by atoms with E-state index >= 15 is 0 Å². The van der Waals surface area contributed by atoms with Gasteiger partial charge in [-0.2, -0.15) is 11.8 Å². The Kier molecular flexibility index (Phi) is 6.95. The van der Waals surface area contributed by atoms with Crippen LogP contribution in [0.5, 0.6) is 0 Å². The van der Waals surface area contributed by atoms with Crippen molar-refractivity contribution in [1.29, 1.82) is 0 Å². The largest absolute Gasteiger partial charge is 0.353 e. The fraction of sp³-hybridized carbons (Fsp3) is 0.875. The number of rotatable bonds is 5. The SMILES string of the molecule is CSCC(=O)NC(C)CC(C)Br. The van der Waals surface area contributed by atoms with Gasteiger partial charge in [0.1, 0.15) is 0 Å². The molecule has 0 aliphatic carbocycles. The lowest BCUT2D eigenvalue weighted by Gasteiger charge is -2.14. The van der Waals surface area contributed by atoms with Crippen LogP contribution in [0.3, 0.4) is 0 Å². The maximum absolute atomic E-state index is 11.1. The summed E-state index contributed by atoms with van der Waals surface area (Å²) >= 11 is 4.99. The first-order valence-corrected chi connectivity index (χ1v) is 6.29. The third-order valence-electron chi connectivity index (χ3n) is 1.36. The summed E-state index contributed by atoms with van der Waals surface area (Å²) in [5, 5.41) is 2.92. The number of carbonyl (C=O) groups is 1. The number of carbonyl (C=O) groups excluding carboxylic acids is 1. The van der Waals surface area contributed by atoms with E-state index in [9.17, 15) is 4.79 Å². The van der Waals surface area contributed by atoms with Gasteiger partial charge in [-0.1, -0.05) is 22.9 Å². The highest BCUT2D eigenvalue weighted by molar-refractivity contribution is 9.09. The molecule has 0 heterocycles. The number of nitrogens with one attached hydrogen (secondary N) is 1. The normalized spacial score (nSPS) is 15.3. The summed E-state index contributed by atoms with van der Waals surface area (Å²) in [6.07, 6.45) is 2.90. The van der Waals surface area contributed by atoms with Crippen LogP contribution in [0.1, 0.15) is 20.3 Å². The average Bonchev–Trinajstić information content (AvgIpc) is 1.84. The van der Waals surface area contributed by atoms with Gasteiger partial charge in [0.15, 0.2) is 0 Å². The van der Waals surface area contributed by atoms with E-state index in [1.54, 1.807) is 11.8 Å². The summed E-state index contributed by atoms with van der Waals surface area (Å²) in [6, 6.07) is 0.263. The third-order valence-corrected chi connectivity index (χ3v) is 2.29. The molecule has 2 unspecified atom stereocenters. The molecule has 0 saturated carbocycles. The van der Waals surface area contributed by atoms with Crippen LogP contribution in [0.15, 0.2) is 0 Å². The topological polar surface area (TPSA) is 29.1 Å². The van der Waals surface area contributed by atoms with E-state index in [2.05, 4.69) is 28.2 Å². The molecule has 0 aliphatic rings. The van der Waals surface area contributed by atoms with Crippen LogP contribution < -0.4 is 5.32 Å². The molecule has 1 N–H and O–H groups in total. The first-order valence-electron chi connectivity index (χ1n) is 3.98. The maximum atomic E-state index is 11.1. The second-order valence-electron chi connectivity index (χ2n) is 2.92. The second kappa shape index (κ2) is 6.78. The summed E-state index contributed by atoms with van der Waals surface area (Å²) in [7, 11) is 0. The molecule has 2 atom stereocenters. The maximum Gasteiger partial charge on any atom is 0.230 e. The average molecular weight is 254 g/mol. The van der Waals surface area contributed by atoms with Crippen LogP contribution in [0.25, 0.3) is 0 Å². The van der Waals surface area contributed by atoms with Crippen molar-refractivity contribution in [2.24, 2.45) is 0 Å². The van der Waals surface area contributed by atoms with E-state index in [4.69, 9.17) is 0 Å². The summed E-state index contributed by atoms with van der Waals surface area (Å²) in [6.45, 7) is 4.10. The van der Waals surface area contributed by atoms with Gasteiger partial charge >= 0.3 is 0 Å². The van der Waals surface area contributed by atoms with Crippen LogP contribution in [0.2, 0.25) is 0 Å². The van der Waals surface area contributed by atoms with Gasteiger partial charge in [-0.25, -0.2) is 0 Å².